The summed E-state index contributed by atoms with van der Waals surface area (Å²) in [6, 6.07) is 19.4. The number of amides is 1. The minimum Gasteiger partial charge on any atom is -0.497 e. The van der Waals surface area contributed by atoms with Gasteiger partial charge in [-0.3, -0.25) is 9.59 Å². The molecule has 1 heterocycles. The molecule has 1 amide bonds. The van der Waals surface area contributed by atoms with Crippen molar-refractivity contribution in [3.8, 4) is 34.3 Å². The van der Waals surface area contributed by atoms with Gasteiger partial charge in [-0.25, -0.2) is 9.37 Å². The molecule has 1 N–H and O–H groups in total. The number of carbonyl (C=O) groups is 2. The lowest BCUT2D eigenvalue weighted by molar-refractivity contribution is 0.0877. The van der Waals surface area contributed by atoms with Crippen LogP contribution in [0.4, 0.5) is 4.39 Å². The zero-order valence-corrected chi connectivity index (χ0v) is 24.6. The van der Waals surface area contributed by atoms with E-state index in [-0.39, 0.29) is 29.4 Å². The fraction of sp³-hybridized carbons (Fsp3) is 0.219. The van der Waals surface area contributed by atoms with Gasteiger partial charge in [-0.1, -0.05) is 23.7 Å². The van der Waals surface area contributed by atoms with Crippen molar-refractivity contribution >= 4 is 23.3 Å². The lowest BCUT2D eigenvalue weighted by Gasteiger charge is -2.13. The topological polar surface area (TPSA) is 105 Å². The molecule has 9 nitrogen and oxygen atoms in total. The molecule has 3 aromatic carbocycles. The van der Waals surface area contributed by atoms with E-state index in [9.17, 15) is 14.0 Å². The smallest absolute Gasteiger partial charge is 0.251 e. The van der Waals surface area contributed by atoms with Crippen molar-refractivity contribution in [3.05, 3.63) is 100 Å². The zero-order valence-electron chi connectivity index (χ0n) is 23.8. The van der Waals surface area contributed by atoms with Crippen LogP contribution in [0.1, 0.15) is 26.4 Å². The fourth-order valence-electron chi connectivity index (χ4n) is 4.02. The Labute approximate surface area is 253 Å². The summed E-state index contributed by atoms with van der Waals surface area (Å²) in [6.45, 7) is 0.729. The molecule has 0 aliphatic rings. The summed E-state index contributed by atoms with van der Waals surface area (Å²) < 4.78 is 41.0. The SMILES string of the molecule is COc1ccc(COCCOc2ccc(C(=O)NCC(=O)c3ccc(OC)c(-c4ccc(F)c(Cl)c4)n3)cc2OC)cc1. The first-order chi connectivity index (χ1) is 20.8. The van der Waals surface area contributed by atoms with Crippen LogP contribution in [0.3, 0.4) is 0 Å². The molecule has 43 heavy (non-hydrogen) atoms. The van der Waals surface area contributed by atoms with Gasteiger partial charge in [0.05, 0.1) is 46.1 Å². The molecule has 0 aliphatic carbocycles. The first-order valence-electron chi connectivity index (χ1n) is 13.2. The predicted molar refractivity (Wildman–Crippen MR) is 159 cm³/mol. The summed E-state index contributed by atoms with van der Waals surface area (Å²) in [4.78, 5) is 30.1. The second kappa shape index (κ2) is 15.0. The van der Waals surface area contributed by atoms with Gasteiger partial charge < -0.3 is 29.0 Å². The number of aromatic nitrogens is 1. The number of nitrogens with one attached hydrogen (secondary N) is 1. The Bertz CT molecular complexity index is 1580. The maximum absolute atomic E-state index is 13.6. The molecule has 0 atom stereocenters. The lowest BCUT2D eigenvalue weighted by Crippen LogP contribution is -2.30. The Balaban J connectivity index is 1.32. The lowest BCUT2D eigenvalue weighted by atomic mass is 10.1. The van der Waals surface area contributed by atoms with Crippen molar-refractivity contribution in [2.24, 2.45) is 0 Å². The van der Waals surface area contributed by atoms with Crippen LogP contribution in [0.15, 0.2) is 72.8 Å². The molecule has 4 rings (SSSR count). The Hall–Kier alpha value is -4.67. The highest BCUT2D eigenvalue weighted by atomic mass is 35.5. The van der Waals surface area contributed by atoms with E-state index in [0.29, 0.717) is 41.7 Å². The molecule has 4 aromatic rings. The van der Waals surface area contributed by atoms with Crippen LogP contribution in [0.25, 0.3) is 11.3 Å². The van der Waals surface area contributed by atoms with Crippen LogP contribution in [0, 0.1) is 5.82 Å². The number of hydrogen-bond donors (Lipinski definition) is 1. The Morgan fingerprint density at radius 2 is 1.58 bits per heavy atom. The molecule has 0 saturated heterocycles. The minimum absolute atomic E-state index is 0.0877. The number of ether oxygens (including phenoxy) is 5. The fourth-order valence-corrected chi connectivity index (χ4v) is 4.20. The average molecular weight is 609 g/mol. The molecule has 0 spiro atoms. The van der Waals surface area contributed by atoms with E-state index in [0.717, 1.165) is 11.3 Å². The normalized spacial score (nSPS) is 10.6. The quantitative estimate of drug-likeness (QED) is 0.142. The predicted octanol–water partition coefficient (Wildman–Crippen LogP) is 5.78. The Morgan fingerprint density at radius 1 is 0.837 bits per heavy atom. The molecule has 11 heteroatoms. The van der Waals surface area contributed by atoms with Gasteiger partial charge in [0.25, 0.3) is 5.91 Å². The molecule has 1 aromatic heterocycles. The summed E-state index contributed by atoms with van der Waals surface area (Å²) in [6.07, 6.45) is 0. The number of rotatable bonds is 14. The second-order valence-corrected chi connectivity index (χ2v) is 9.50. The molecule has 0 aliphatic heterocycles. The number of Topliss-reactive ketones (excluding diaryl/α,β-unsaturated/α-hetero) is 1. The van der Waals surface area contributed by atoms with Gasteiger partial charge >= 0.3 is 0 Å². The number of pyridine rings is 1. The molecule has 0 bridgehead atoms. The average Bonchev–Trinajstić information content (AvgIpc) is 3.04. The van der Waals surface area contributed by atoms with Gasteiger partial charge in [-0.15, -0.1) is 0 Å². The first-order valence-corrected chi connectivity index (χ1v) is 13.5. The maximum Gasteiger partial charge on any atom is 0.251 e. The van der Waals surface area contributed by atoms with Gasteiger partial charge in [0.15, 0.2) is 17.3 Å². The third kappa shape index (κ3) is 8.21. The minimum atomic E-state index is -0.578. The van der Waals surface area contributed by atoms with Crippen molar-refractivity contribution in [1.82, 2.24) is 10.3 Å². The number of halogens is 2. The van der Waals surface area contributed by atoms with Crippen molar-refractivity contribution < 1.29 is 37.7 Å². The maximum atomic E-state index is 13.6. The summed E-state index contributed by atoms with van der Waals surface area (Å²) in [7, 11) is 4.54. The number of methoxy groups -OCH3 is 3. The highest BCUT2D eigenvalue weighted by Gasteiger charge is 2.17. The van der Waals surface area contributed by atoms with Crippen LogP contribution in [0.5, 0.6) is 23.0 Å². The molecular weight excluding hydrogens is 579 g/mol. The van der Waals surface area contributed by atoms with Gasteiger partial charge in [0.1, 0.15) is 35.3 Å². The van der Waals surface area contributed by atoms with Crippen LogP contribution in [0.2, 0.25) is 5.02 Å². The van der Waals surface area contributed by atoms with Crippen molar-refractivity contribution in [2.75, 3.05) is 41.1 Å². The zero-order chi connectivity index (χ0) is 30.8. The summed E-state index contributed by atoms with van der Waals surface area (Å²) >= 11 is 5.92. The molecule has 0 fully saturated rings. The van der Waals surface area contributed by atoms with E-state index in [4.69, 9.17) is 35.3 Å². The number of benzene rings is 3. The van der Waals surface area contributed by atoms with Crippen LogP contribution < -0.4 is 24.3 Å². The van der Waals surface area contributed by atoms with E-state index in [1.54, 1.807) is 25.3 Å². The summed E-state index contributed by atoms with van der Waals surface area (Å²) in [5.74, 6) is 0.451. The summed E-state index contributed by atoms with van der Waals surface area (Å²) in [5, 5.41) is 2.51. The number of hydrogen-bond acceptors (Lipinski definition) is 8. The standard InChI is InChI=1S/C32H30ClFN2O7/c1-39-23-8-4-20(5-9-23)19-42-14-15-43-28-12-7-22(17-30(28)41-3)32(38)35-18-27(37)26-11-13-29(40-2)31(36-26)21-6-10-25(34)24(33)16-21/h4-13,16-17H,14-15,18-19H2,1-3H3,(H,35,38). The van der Waals surface area contributed by atoms with Crippen LogP contribution in [-0.4, -0.2) is 57.8 Å². The van der Waals surface area contributed by atoms with E-state index in [1.807, 2.05) is 24.3 Å². The number of carbonyl (C=O) groups excluding carboxylic acids is 2. The third-order valence-corrected chi connectivity index (χ3v) is 6.59. The van der Waals surface area contributed by atoms with Crippen molar-refractivity contribution in [3.63, 3.8) is 0 Å². The molecule has 0 saturated carbocycles. The second-order valence-electron chi connectivity index (χ2n) is 9.10. The van der Waals surface area contributed by atoms with E-state index in [1.165, 1.54) is 44.6 Å². The molecule has 0 radical (unpaired) electrons. The third-order valence-electron chi connectivity index (χ3n) is 6.31. The highest BCUT2D eigenvalue weighted by Crippen LogP contribution is 2.31. The van der Waals surface area contributed by atoms with Gasteiger partial charge in [-0.2, -0.15) is 0 Å². The van der Waals surface area contributed by atoms with Gasteiger partial charge in [0.2, 0.25) is 0 Å². The molecular formula is C32H30ClFN2O7. The largest absolute Gasteiger partial charge is 0.497 e. The Morgan fingerprint density at radius 3 is 2.28 bits per heavy atom. The van der Waals surface area contributed by atoms with Gasteiger partial charge in [0, 0.05) is 11.1 Å². The number of nitrogens with zero attached hydrogens (tertiary/aromatic N) is 1. The van der Waals surface area contributed by atoms with Crippen molar-refractivity contribution in [2.45, 2.75) is 6.61 Å². The van der Waals surface area contributed by atoms with Gasteiger partial charge in [-0.05, 0) is 66.2 Å². The molecule has 0 unspecified atom stereocenters. The summed E-state index contributed by atoms with van der Waals surface area (Å²) in [5.41, 5.74) is 2.16. The van der Waals surface area contributed by atoms with Crippen LogP contribution in [-0.2, 0) is 11.3 Å². The van der Waals surface area contributed by atoms with Crippen molar-refractivity contribution in [1.29, 1.82) is 0 Å². The van der Waals surface area contributed by atoms with E-state index >= 15 is 0 Å². The highest BCUT2D eigenvalue weighted by molar-refractivity contribution is 6.31. The number of ketones is 1. The first kappa shape index (κ1) is 31.3. The van der Waals surface area contributed by atoms with E-state index in [2.05, 4.69) is 10.3 Å². The van der Waals surface area contributed by atoms with Crippen LogP contribution >= 0.6 is 11.6 Å². The van der Waals surface area contributed by atoms with E-state index < -0.39 is 17.5 Å². The molecule has 224 valence electrons. The Kier molecular flexibility index (Phi) is 10.9. The monoisotopic (exact) mass is 608 g/mol.